The Balaban J connectivity index is 1.46. The van der Waals surface area contributed by atoms with Crippen LogP contribution in [0.25, 0.3) is 10.9 Å². The number of hydrogen-bond acceptors (Lipinski definition) is 7. The third kappa shape index (κ3) is 7.55. The predicted molar refractivity (Wildman–Crippen MR) is 169 cm³/mol. The third-order valence-corrected chi connectivity index (χ3v) is 8.86. The van der Waals surface area contributed by atoms with Crippen molar-refractivity contribution in [2.75, 3.05) is 20.6 Å². The second kappa shape index (κ2) is 14.2. The summed E-state index contributed by atoms with van der Waals surface area (Å²) in [4.78, 5) is 46.9. The number of nitrogens with zero attached hydrogens (tertiary/aromatic N) is 2. The molecule has 1 aromatic heterocycles. The number of aryl methyl sites for hydroxylation is 1. The van der Waals surface area contributed by atoms with E-state index < -0.39 is 36.4 Å². The molecule has 1 atom stereocenters. The number of nitrogens with one attached hydrogen (secondary N) is 2. The van der Waals surface area contributed by atoms with Crippen molar-refractivity contribution in [2.45, 2.75) is 68.5 Å². The van der Waals surface area contributed by atoms with Crippen molar-refractivity contribution in [1.82, 2.24) is 20.3 Å². The van der Waals surface area contributed by atoms with Crippen LogP contribution in [0.5, 0.6) is 0 Å². The van der Waals surface area contributed by atoms with Gasteiger partial charge in [-0.15, -0.1) is 0 Å². The van der Waals surface area contributed by atoms with Crippen molar-refractivity contribution < 1.29 is 34.5 Å². The van der Waals surface area contributed by atoms with E-state index in [4.69, 9.17) is 22.2 Å². The average Bonchev–Trinajstić information content (AvgIpc) is 3.41. The molecule has 236 valence electrons. The van der Waals surface area contributed by atoms with E-state index in [9.17, 15) is 24.6 Å². The molecule has 1 aliphatic rings. The van der Waals surface area contributed by atoms with Gasteiger partial charge >= 0.3 is 17.9 Å². The summed E-state index contributed by atoms with van der Waals surface area (Å²) in [6, 6.07) is 17.9. The molecule has 0 bridgehead atoms. The van der Waals surface area contributed by atoms with Gasteiger partial charge in [0.25, 0.3) is 0 Å². The molecular formula is C32H40N4O7S. The molecule has 0 saturated heterocycles. The fourth-order valence-electron chi connectivity index (χ4n) is 6.07. The van der Waals surface area contributed by atoms with Crippen LogP contribution in [0.15, 0.2) is 60.8 Å². The van der Waals surface area contributed by atoms with Gasteiger partial charge in [0.05, 0.1) is 18.9 Å². The highest BCUT2D eigenvalue weighted by Crippen LogP contribution is 2.42. The second-order valence-corrected chi connectivity index (χ2v) is 12.0. The summed E-state index contributed by atoms with van der Waals surface area (Å²) in [5.74, 6) is -4.47. The summed E-state index contributed by atoms with van der Waals surface area (Å²) in [7, 11) is 4.08. The number of aromatic amines is 1. The Morgan fingerprint density at radius 3 is 2.34 bits per heavy atom. The minimum atomic E-state index is -2.82. The molecule has 1 fully saturated rings. The van der Waals surface area contributed by atoms with E-state index in [-0.39, 0.29) is 16.7 Å². The molecule has 0 spiro atoms. The molecule has 5 N–H and O–H groups in total. The van der Waals surface area contributed by atoms with Gasteiger partial charge in [-0.05, 0) is 82.0 Å². The summed E-state index contributed by atoms with van der Waals surface area (Å²) in [6.45, 7) is 0.489. The number of carboxylic acids is 2. The maximum absolute atomic E-state index is 13.0. The fraction of sp³-hybridized carbons (Fsp3) is 0.438. The Kier molecular flexibility index (Phi) is 10.6. The minimum Gasteiger partial charge on any atom is -0.481 e. The van der Waals surface area contributed by atoms with Gasteiger partial charge in [-0.3, -0.25) is 9.69 Å². The zero-order valence-electron chi connectivity index (χ0n) is 25.0. The number of carbonyl (C=O) groups excluding carboxylic acids is 1. The van der Waals surface area contributed by atoms with Crippen LogP contribution >= 0.6 is 12.2 Å². The molecular weight excluding hydrogens is 584 g/mol. The smallest absolute Gasteiger partial charge is 0.336 e. The van der Waals surface area contributed by atoms with Crippen LogP contribution in [0, 0.1) is 0 Å². The molecule has 1 saturated carbocycles. The first-order valence-corrected chi connectivity index (χ1v) is 15.1. The van der Waals surface area contributed by atoms with Crippen molar-refractivity contribution in [3.63, 3.8) is 0 Å². The van der Waals surface area contributed by atoms with Crippen LogP contribution in [0.3, 0.4) is 0 Å². The zero-order valence-corrected chi connectivity index (χ0v) is 25.8. The van der Waals surface area contributed by atoms with E-state index in [0.717, 1.165) is 36.6 Å². The van der Waals surface area contributed by atoms with Crippen molar-refractivity contribution in [2.24, 2.45) is 0 Å². The van der Waals surface area contributed by atoms with E-state index in [1.807, 2.05) is 56.7 Å². The summed E-state index contributed by atoms with van der Waals surface area (Å²) >= 11 is 5.68. The van der Waals surface area contributed by atoms with E-state index >= 15 is 0 Å². The third-order valence-electron chi connectivity index (χ3n) is 8.53. The number of aliphatic carboxylic acids is 2. The number of fused-ring (bicyclic) bond motifs is 1. The van der Waals surface area contributed by atoms with Crippen LogP contribution < -0.4 is 5.32 Å². The lowest BCUT2D eigenvalue weighted by molar-refractivity contribution is -0.193. The molecule has 1 aliphatic carbocycles. The number of benzene rings is 2. The molecule has 0 aliphatic heterocycles. The average molecular weight is 625 g/mol. The Morgan fingerprint density at radius 2 is 1.70 bits per heavy atom. The quantitative estimate of drug-likeness (QED) is 0.113. The minimum absolute atomic E-state index is 0.163. The van der Waals surface area contributed by atoms with Gasteiger partial charge in [0, 0.05) is 29.2 Å². The topological polar surface area (TPSA) is 155 Å². The number of para-hydroxylation sites is 1. The maximum atomic E-state index is 13.0. The highest BCUT2D eigenvalue weighted by Gasteiger charge is 2.44. The molecule has 4 rings (SSSR count). The van der Waals surface area contributed by atoms with Crippen LogP contribution in [-0.4, -0.2) is 85.6 Å². The SMILES string of the molecule is CN(C)C1(c2ccccc2)CCC(N(OC(=O)CC(O)(CC(=O)O)C(=O)O)C(=S)NCCCc2c[nH]c3ccccc23)CC1. The van der Waals surface area contributed by atoms with E-state index in [2.05, 4.69) is 33.4 Å². The van der Waals surface area contributed by atoms with E-state index in [0.29, 0.717) is 19.4 Å². The zero-order chi connectivity index (χ0) is 31.9. The second-order valence-electron chi connectivity index (χ2n) is 11.6. The number of H-pyrrole nitrogens is 1. The Morgan fingerprint density at radius 1 is 1.05 bits per heavy atom. The fourth-order valence-corrected chi connectivity index (χ4v) is 6.36. The molecule has 44 heavy (non-hydrogen) atoms. The van der Waals surface area contributed by atoms with Crippen LogP contribution in [0.4, 0.5) is 0 Å². The van der Waals surface area contributed by atoms with Gasteiger partial charge in [-0.25, -0.2) is 9.59 Å². The molecule has 3 aromatic rings. The largest absolute Gasteiger partial charge is 0.481 e. The molecule has 1 unspecified atom stereocenters. The monoisotopic (exact) mass is 624 g/mol. The Bertz CT molecular complexity index is 1470. The van der Waals surface area contributed by atoms with Gasteiger partial charge < -0.3 is 30.5 Å². The summed E-state index contributed by atoms with van der Waals surface area (Å²) in [5.41, 5.74) is 0.381. The first kappa shape index (κ1) is 32.9. The van der Waals surface area contributed by atoms with Crippen LogP contribution in [-0.2, 0) is 31.2 Å². The normalized spacial score (nSPS) is 19.7. The number of aromatic nitrogens is 1. The molecule has 1 heterocycles. The van der Waals surface area contributed by atoms with Crippen molar-refractivity contribution >= 4 is 46.1 Å². The van der Waals surface area contributed by atoms with Crippen molar-refractivity contribution in [3.05, 3.63) is 71.9 Å². The molecule has 11 nitrogen and oxygen atoms in total. The van der Waals surface area contributed by atoms with E-state index in [1.54, 1.807) is 0 Å². The lowest BCUT2D eigenvalue weighted by Crippen LogP contribution is -2.53. The van der Waals surface area contributed by atoms with Gasteiger partial charge in [-0.2, -0.15) is 5.06 Å². The standard InChI is InChI=1S/C32H40N4O7S/c1-35(2)31(23-10-4-3-5-11-23)16-14-24(15-17-31)36(43-28(39)20-32(42,29(40)41)19-27(37)38)30(44)33-18-8-9-22-21-34-26-13-7-6-12-25(22)26/h3-7,10-13,21,24,34,42H,8-9,14-20H2,1-2H3,(H,33,44)(H,37,38)(H,40,41). The van der Waals surface area contributed by atoms with Gasteiger partial charge in [0.15, 0.2) is 5.60 Å². The highest BCUT2D eigenvalue weighted by molar-refractivity contribution is 7.80. The van der Waals surface area contributed by atoms with Gasteiger partial charge in [-0.1, -0.05) is 48.5 Å². The summed E-state index contributed by atoms with van der Waals surface area (Å²) in [6.07, 6.45) is 4.01. The van der Waals surface area contributed by atoms with Crippen LogP contribution in [0.2, 0.25) is 0 Å². The highest BCUT2D eigenvalue weighted by atomic mass is 32.1. The first-order chi connectivity index (χ1) is 20.9. The number of hydroxylamine groups is 2. The van der Waals surface area contributed by atoms with Gasteiger partial charge in [0.1, 0.15) is 0 Å². The summed E-state index contributed by atoms with van der Waals surface area (Å²) < 4.78 is 0. The summed E-state index contributed by atoms with van der Waals surface area (Å²) in [5, 5.41) is 34.8. The Hall–Kier alpha value is -4.00. The van der Waals surface area contributed by atoms with Crippen LogP contribution in [0.1, 0.15) is 56.1 Å². The van der Waals surface area contributed by atoms with Crippen molar-refractivity contribution in [3.8, 4) is 0 Å². The van der Waals surface area contributed by atoms with Crippen molar-refractivity contribution in [1.29, 1.82) is 0 Å². The van der Waals surface area contributed by atoms with Gasteiger partial charge in [0.2, 0.25) is 5.11 Å². The predicted octanol–water partition coefficient (Wildman–Crippen LogP) is 3.82. The number of hydrogen-bond donors (Lipinski definition) is 5. The number of aliphatic hydroxyl groups is 1. The number of carboxylic acid groups (broad SMARTS) is 2. The lowest BCUT2D eigenvalue weighted by atomic mass is 9.74. The first-order valence-electron chi connectivity index (χ1n) is 14.7. The number of thiocarbonyl (C=S) groups is 1. The molecule has 12 heteroatoms. The lowest BCUT2D eigenvalue weighted by Gasteiger charge is -2.47. The molecule has 2 aromatic carbocycles. The maximum Gasteiger partial charge on any atom is 0.336 e. The molecule has 0 amide bonds. The molecule has 0 radical (unpaired) electrons. The number of carbonyl (C=O) groups is 3. The van der Waals surface area contributed by atoms with E-state index in [1.165, 1.54) is 16.2 Å². The number of rotatable bonds is 12. The Labute approximate surface area is 261 Å².